The Hall–Kier alpha value is -3.01. The highest BCUT2D eigenvalue weighted by molar-refractivity contribution is 6.02. The van der Waals surface area contributed by atoms with Crippen molar-refractivity contribution in [3.63, 3.8) is 0 Å². The summed E-state index contributed by atoms with van der Waals surface area (Å²) in [4.78, 5) is 15.1. The van der Waals surface area contributed by atoms with E-state index in [0.29, 0.717) is 0 Å². The summed E-state index contributed by atoms with van der Waals surface area (Å²) in [5, 5.41) is 3.71. The molecule has 2 aromatic carbocycles. The van der Waals surface area contributed by atoms with E-state index < -0.39 is 0 Å². The van der Waals surface area contributed by atoms with E-state index >= 15 is 0 Å². The number of ether oxygens (including phenoxy) is 1. The predicted molar refractivity (Wildman–Crippen MR) is 92.4 cm³/mol. The van der Waals surface area contributed by atoms with Crippen molar-refractivity contribution in [2.75, 3.05) is 14.2 Å². The zero-order chi connectivity index (χ0) is 16.2. The van der Waals surface area contributed by atoms with Gasteiger partial charge in [0, 0.05) is 30.3 Å². The lowest BCUT2D eigenvalue weighted by Crippen LogP contribution is -2.15. The molecule has 0 aliphatic heterocycles. The maximum atomic E-state index is 11.9. The number of nitrogens with one attached hydrogen (secondary N) is 2. The van der Waals surface area contributed by atoms with E-state index in [2.05, 4.69) is 10.3 Å². The highest BCUT2D eigenvalue weighted by Gasteiger charge is 2.15. The fourth-order valence-electron chi connectivity index (χ4n) is 2.66. The molecule has 4 nitrogen and oxygen atoms in total. The van der Waals surface area contributed by atoms with Gasteiger partial charge in [0.15, 0.2) is 5.75 Å². The first-order chi connectivity index (χ1) is 11.2. The first-order valence-corrected chi connectivity index (χ1v) is 7.38. The van der Waals surface area contributed by atoms with Gasteiger partial charge in [-0.05, 0) is 23.3 Å². The van der Waals surface area contributed by atoms with E-state index in [1.165, 1.54) is 0 Å². The number of hydrogen-bond acceptors (Lipinski definition) is 2. The number of carbonyl (C=O) groups excluding carboxylic acids is 1. The van der Waals surface area contributed by atoms with E-state index in [0.717, 1.165) is 33.4 Å². The normalized spacial score (nSPS) is 11.5. The Morgan fingerprint density at radius 2 is 1.91 bits per heavy atom. The Bertz CT molecular complexity index is 863. The minimum absolute atomic E-state index is 0.155. The van der Waals surface area contributed by atoms with Gasteiger partial charge in [-0.15, -0.1) is 0 Å². The number of methoxy groups -OCH3 is 1. The van der Waals surface area contributed by atoms with Gasteiger partial charge in [0.25, 0.3) is 0 Å². The number of H-pyrrole nitrogens is 1. The van der Waals surface area contributed by atoms with Crippen molar-refractivity contribution in [3.05, 3.63) is 71.9 Å². The van der Waals surface area contributed by atoms with E-state index in [-0.39, 0.29) is 5.91 Å². The number of amides is 1. The third-order valence-electron chi connectivity index (χ3n) is 3.78. The summed E-state index contributed by atoms with van der Waals surface area (Å²) in [5.74, 6) is 0.573. The quantitative estimate of drug-likeness (QED) is 0.726. The first kappa shape index (κ1) is 14.9. The number of benzene rings is 2. The van der Waals surface area contributed by atoms with Gasteiger partial charge in [-0.3, -0.25) is 4.79 Å². The third kappa shape index (κ3) is 2.83. The number of likely N-dealkylation sites (N-methyl/N-ethyl adjacent to an activating group) is 1. The average molecular weight is 306 g/mol. The molecular formula is C19H18N2O2. The molecule has 1 aromatic heterocycles. The maximum Gasteiger partial charge on any atom is 0.244 e. The largest absolute Gasteiger partial charge is 0.494 e. The van der Waals surface area contributed by atoms with Crippen LogP contribution in [0.25, 0.3) is 16.5 Å². The summed E-state index contributed by atoms with van der Waals surface area (Å²) < 4.78 is 5.63. The molecule has 0 saturated carbocycles. The van der Waals surface area contributed by atoms with Crippen LogP contribution in [0.1, 0.15) is 11.1 Å². The monoisotopic (exact) mass is 306 g/mol. The molecule has 0 spiro atoms. The Balaban J connectivity index is 2.25. The van der Waals surface area contributed by atoms with Gasteiger partial charge in [0.2, 0.25) is 5.91 Å². The van der Waals surface area contributed by atoms with Crippen LogP contribution in [0.3, 0.4) is 0 Å². The molecule has 2 N–H and O–H groups in total. The van der Waals surface area contributed by atoms with Crippen LogP contribution in [0, 0.1) is 0 Å². The number of carbonyl (C=O) groups is 1. The van der Waals surface area contributed by atoms with Gasteiger partial charge in [-0.2, -0.15) is 0 Å². The van der Waals surface area contributed by atoms with Crippen molar-refractivity contribution in [1.29, 1.82) is 0 Å². The molecule has 0 aliphatic carbocycles. The molecule has 1 heterocycles. The summed E-state index contributed by atoms with van der Waals surface area (Å²) in [5.41, 5.74) is 3.57. The van der Waals surface area contributed by atoms with Crippen LogP contribution >= 0.6 is 0 Å². The lowest BCUT2D eigenvalue weighted by molar-refractivity contribution is -0.116. The van der Waals surface area contributed by atoms with Crippen molar-refractivity contribution in [2.24, 2.45) is 0 Å². The Labute approximate surface area is 134 Å². The standard InChI is InChI=1S/C19H18N2O2/c1-20-17(22)12-16(13-6-4-3-5-7-13)15-9-8-14-10-11-21-18(14)19(15)23-2/h3-12,21H,1-2H3,(H,20,22). The van der Waals surface area contributed by atoms with Gasteiger partial charge in [0.1, 0.15) is 0 Å². The van der Waals surface area contributed by atoms with Crippen LogP contribution in [-0.2, 0) is 4.79 Å². The zero-order valence-corrected chi connectivity index (χ0v) is 13.1. The molecule has 0 radical (unpaired) electrons. The van der Waals surface area contributed by atoms with Crippen molar-refractivity contribution in [1.82, 2.24) is 10.3 Å². The van der Waals surface area contributed by atoms with Crippen LogP contribution in [0.2, 0.25) is 0 Å². The van der Waals surface area contributed by atoms with Gasteiger partial charge in [0.05, 0.1) is 12.6 Å². The van der Waals surface area contributed by atoms with E-state index in [4.69, 9.17) is 4.74 Å². The number of aromatic amines is 1. The molecular weight excluding hydrogens is 288 g/mol. The lowest BCUT2D eigenvalue weighted by atomic mass is 9.95. The second kappa shape index (κ2) is 6.40. The van der Waals surface area contributed by atoms with Gasteiger partial charge < -0.3 is 15.0 Å². The Morgan fingerprint density at radius 1 is 1.13 bits per heavy atom. The molecule has 3 aromatic rings. The van der Waals surface area contributed by atoms with Crippen molar-refractivity contribution < 1.29 is 9.53 Å². The van der Waals surface area contributed by atoms with Crippen LogP contribution in [0.15, 0.2) is 60.8 Å². The summed E-state index contributed by atoms with van der Waals surface area (Å²) in [7, 11) is 3.26. The fraction of sp³-hybridized carbons (Fsp3) is 0.105. The zero-order valence-electron chi connectivity index (χ0n) is 13.1. The number of rotatable bonds is 4. The highest BCUT2D eigenvalue weighted by Crippen LogP contribution is 2.36. The number of fused-ring (bicyclic) bond motifs is 1. The van der Waals surface area contributed by atoms with Crippen LogP contribution in [-0.4, -0.2) is 25.0 Å². The Kier molecular flexibility index (Phi) is 4.15. The maximum absolute atomic E-state index is 11.9. The molecule has 0 atom stereocenters. The van der Waals surface area contributed by atoms with Crippen LogP contribution in [0.4, 0.5) is 0 Å². The minimum atomic E-state index is -0.155. The summed E-state index contributed by atoms with van der Waals surface area (Å²) in [6.07, 6.45) is 3.48. The van der Waals surface area contributed by atoms with Gasteiger partial charge in [-0.25, -0.2) is 0 Å². The molecule has 0 aliphatic rings. The van der Waals surface area contributed by atoms with E-state index in [1.54, 1.807) is 20.2 Å². The first-order valence-electron chi connectivity index (χ1n) is 7.38. The van der Waals surface area contributed by atoms with E-state index in [9.17, 15) is 4.79 Å². The number of aromatic nitrogens is 1. The molecule has 1 amide bonds. The molecule has 0 bridgehead atoms. The lowest BCUT2D eigenvalue weighted by Gasteiger charge is -2.14. The Morgan fingerprint density at radius 3 is 2.61 bits per heavy atom. The predicted octanol–water partition coefficient (Wildman–Crippen LogP) is 3.35. The molecule has 0 saturated heterocycles. The smallest absolute Gasteiger partial charge is 0.244 e. The van der Waals surface area contributed by atoms with E-state index in [1.807, 2.05) is 54.7 Å². The summed E-state index contributed by atoms with van der Waals surface area (Å²) in [6.45, 7) is 0. The van der Waals surface area contributed by atoms with Gasteiger partial charge >= 0.3 is 0 Å². The molecule has 0 fully saturated rings. The van der Waals surface area contributed by atoms with Crippen molar-refractivity contribution >= 4 is 22.4 Å². The third-order valence-corrected chi connectivity index (χ3v) is 3.78. The van der Waals surface area contributed by atoms with Crippen molar-refractivity contribution in [3.8, 4) is 5.75 Å². The molecule has 23 heavy (non-hydrogen) atoms. The SMILES string of the molecule is CNC(=O)C=C(c1ccccc1)c1ccc2cc[nH]c2c1OC. The average Bonchev–Trinajstić information content (AvgIpc) is 3.08. The van der Waals surface area contributed by atoms with Gasteiger partial charge in [-0.1, -0.05) is 36.4 Å². The summed E-state index contributed by atoms with van der Waals surface area (Å²) >= 11 is 0. The topological polar surface area (TPSA) is 54.1 Å². The van der Waals surface area contributed by atoms with Crippen molar-refractivity contribution in [2.45, 2.75) is 0 Å². The van der Waals surface area contributed by atoms with Crippen LogP contribution in [0.5, 0.6) is 5.75 Å². The molecule has 4 heteroatoms. The minimum Gasteiger partial charge on any atom is -0.494 e. The fourth-order valence-corrected chi connectivity index (χ4v) is 2.66. The second-order valence-corrected chi connectivity index (χ2v) is 5.13. The number of hydrogen-bond donors (Lipinski definition) is 2. The molecule has 116 valence electrons. The second-order valence-electron chi connectivity index (χ2n) is 5.13. The summed E-state index contributed by atoms with van der Waals surface area (Å²) in [6, 6.07) is 15.8. The highest BCUT2D eigenvalue weighted by atomic mass is 16.5. The van der Waals surface area contributed by atoms with Crippen LogP contribution < -0.4 is 10.1 Å². The molecule has 3 rings (SSSR count). The molecule has 0 unspecified atom stereocenters.